The predicted octanol–water partition coefficient (Wildman–Crippen LogP) is 4.99. The molecule has 7 heteroatoms. The Morgan fingerprint density at radius 3 is 2.39 bits per heavy atom. The molecule has 0 unspecified atom stereocenters. The molecule has 0 bridgehead atoms. The number of rotatable bonds is 6. The zero-order valence-corrected chi connectivity index (χ0v) is 18.3. The number of benzene rings is 3. The molecule has 6 nitrogen and oxygen atoms in total. The first-order valence-corrected chi connectivity index (χ1v) is 10.5. The van der Waals surface area contributed by atoms with Gasteiger partial charge in [0.15, 0.2) is 0 Å². The third-order valence-electron chi connectivity index (χ3n) is 5.50. The van der Waals surface area contributed by atoms with Gasteiger partial charge in [0, 0.05) is 41.4 Å². The summed E-state index contributed by atoms with van der Waals surface area (Å²) < 4.78 is 15.5. The summed E-state index contributed by atoms with van der Waals surface area (Å²) in [4.78, 5) is 28.0. The summed E-state index contributed by atoms with van der Waals surface area (Å²) in [5.41, 5.74) is 1.78. The molecule has 4 aromatic rings. The van der Waals surface area contributed by atoms with Crippen molar-refractivity contribution in [3.05, 3.63) is 95.9 Å². The molecule has 2 N–H and O–H groups in total. The van der Waals surface area contributed by atoms with Crippen LogP contribution in [0.1, 0.15) is 23.0 Å². The molecule has 0 aliphatic heterocycles. The minimum absolute atomic E-state index is 0.202. The lowest BCUT2D eigenvalue weighted by atomic mass is 10.0. The van der Waals surface area contributed by atoms with Crippen molar-refractivity contribution in [2.45, 2.75) is 6.92 Å². The summed E-state index contributed by atoms with van der Waals surface area (Å²) in [6.45, 7) is 1.99. The predicted molar refractivity (Wildman–Crippen MR) is 129 cm³/mol. The Morgan fingerprint density at radius 1 is 1.00 bits per heavy atom. The molecule has 0 saturated carbocycles. The van der Waals surface area contributed by atoms with Crippen molar-refractivity contribution < 1.29 is 14.0 Å². The lowest BCUT2D eigenvalue weighted by molar-refractivity contribution is -0.112. The number of carbonyl (C=O) groups is 2. The average molecular weight is 442 g/mol. The monoisotopic (exact) mass is 442 g/mol. The highest BCUT2D eigenvalue weighted by atomic mass is 19.1. The maximum Gasteiger partial charge on any atom is 0.276 e. The Labute approximate surface area is 190 Å². The maximum absolute atomic E-state index is 13.8. The molecule has 1 aromatic heterocycles. The van der Waals surface area contributed by atoms with Crippen molar-refractivity contribution in [2.75, 3.05) is 16.8 Å². The fourth-order valence-electron chi connectivity index (χ4n) is 3.95. The molecule has 166 valence electrons. The number of nitrogens with zero attached hydrogens (tertiary/aromatic N) is 2. The summed E-state index contributed by atoms with van der Waals surface area (Å²) in [6.07, 6.45) is 0. The van der Waals surface area contributed by atoms with E-state index in [1.54, 1.807) is 48.9 Å². The van der Waals surface area contributed by atoms with Crippen LogP contribution in [0.5, 0.6) is 0 Å². The smallest absolute Gasteiger partial charge is 0.276 e. The van der Waals surface area contributed by atoms with Gasteiger partial charge in [0.25, 0.3) is 11.8 Å². The van der Waals surface area contributed by atoms with Crippen LogP contribution >= 0.6 is 0 Å². The quantitative estimate of drug-likeness (QED) is 0.413. The highest BCUT2D eigenvalue weighted by Crippen LogP contribution is 2.28. The summed E-state index contributed by atoms with van der Waals surface area (Å²) in [5.74, 6) is -1.52. The van der Waals surface area contributed by atoms with Gasteiger partial charge in [0.05, 0.1) is 0 Å². The number of amides is 2. The van der Waals surface area contributed by atoms with E-state index in [2.05, 4.69) is 5.32 Å². The van der Waals surface area contributed by atoms with Crippen molar-refractivity contribution >= 4 is 39.8 Å². The summed E-state index contributed by atoms with van der Waals surface area (Å²) in [5, 5.41) is 12.3. The lowest BCUT2D eigenvalue weighted by Crippen LogP contribution is -2.37. The molecule has 0 spiro atoms. The molecule has 0 aliphatic rings. The number of hydrogen-bond acceptors (Lipinski definition) is 3. The summed E-state index contributed by atoms with van der Waals surface area (Å²) in [7, 11) is 1.73. The van der Waals surface area contributed by atoms with Gasteiger partial charge in [-0.05, 0) is 43.3 Å². The van der Waals surface area contributed by atoms with Crippen LogP contribution in [0.25, 0.3) is 10.9 Å². The van der Waals surface area contributed by atoms with Gasteiger partial charge in [-0.15, -0.1) is 0 Å². The van der Waals surface area contributed by atoms with Crippen LogP contribution in [0.15, 0.2) is 78.9 Å². The van der Waals surface area contributed by atoms with E-state index in [0.29, 0.717) is 16.8 Å². The van der Waals surface area contributed by atoms with Crippen LogP contribution in [0.3, 0.4) is 0 Å². The average Bonchev–Trinajstić information content (AvgIpc) is 3.12. The van der Waals surface area contributed by atoms with Crippen molar-refractivity contribution in [1.82, 2.24) is 4.57 Å². The van der Waals surface area contributed by atoms with Crippen LogP contribution in [0, 0.1) is 11.2 Å². The molecule has 1 heterocycles. The zero-order chi connectivity index (χ0) is 23.5. The van der Waals surface area contributed by atoms with Crippen LogP contribution in [-0.2, 0) is 11.8 Å². The van der Waals surface area contributed by atoms with E-state index in [-0.39, 0.29) is 23.5 Å². The molecule has 0 radical (unpaired) electrons. The zero-order valence-electron chi connectivity index (χ0n) is 18.3. The van der Waals surface area contributed by atoms with E-state index in [4.69, 9.17) is 5.41 Å². The molecule has 0 aliphatic carbocycles. The topological polar surface area (TPSA) is 78.2 Å². The number of nitrogens with one attached hydrogen (secondary N) is 2. The Hall–Kier alpha value is -4.26. The number of carbonyl (C=O) groups excluding carboxylic acids is 2. The minimum Gasteiger partial charge on any atom is -0.339 e. The molecule has 3 aromatic carbocycles. The summed E-state index contributed by atoms with van der Waals surface area (Å²) in [6, 6.07) is 21.9. The Morgan fingerprint density at radius 2 is 1.70 bits per heavy atom. The highest BCUT2D eigenvalue weighted by molar-refractivity contribution is 6.51. The number of halogens is 1. The normalized spacial score (nSPS) is 10.8. The number of fused-ring (bicyclic) bond motifs is 1. The number of aryl methyl sites for hydroxylation is 1. The molecule has 0 atom stereocenters. The fourth-order valence-corrected chi connectivity index (χ4v) is 3.95. The summed E-state index contributed by atoms with van der Waals surface area (Å²) >= 11 is 0. The van der Waals surface area contributed by atoms with E-state index >= 15 is 0 Å². The molecular weight excluding hydrogens is 419 g/mol. The van der Waals surface area contributed by atoms with Crippen molar-refractivity contribution in [1.29, 1.82) is 5.41 Å². The second-order valence-corrected chi connectivity index (χ2v) is 7.52. The fraction of sp³-hybridized carbons (Fsp3) is 0.115. The van der Waals surface area contributed by atoms with E-state index in [1.165, 1.54) is 23.1 Å². The number of hydrogen-bond donors (Lipinski definition) is 2. The molecule has 0 saturated heterocycles. The Balaban J connectivity index is 1.80. The molecule has 4 rings (SSSR count). The first-order chi connectivity index (χ1) is 15.9. The number of anilines is 2. The second kappa shape index (κ2) is 9.08. The number of likely N-dealkylation sites (N-methyl/N-ethyl adjacent to an activating group) is 1. The minimum atomic E-state index is -0.617. The highest BCUT2D eigenvalue weighted by Gasteiger charge is 2.29. The molecule has 2 amide bonds. The van der Waals surface area contributed by atoms with Gasteiger partial charge in [-0.25, -0.2) is 4.39 Å². The SMILES string of the molecule is CCN(C(=O)C(=N)c1c(C(=O)Nc2ccccc2)n(C)c2ccccc12)c1cccc(F)c1. The first-order valence-electron chi connectivity index (χ1n) is 10.5. The van der Waals surface area contributed by atoms with Crippen LogP contribution < -0.4 is 10.2 Å². The lowest BCUT2D eigenvalue weighted by Gasteiger charge is -2.22. The van der Waals surface area contributed by atoms with Crippen molar-refractivity contribution in [3.63, 3.8) is 0 Å². The van der Waals surface area contributed by atoms with Gasteiger partial charge >= 0.3 is 0 Å². The largest absolute Gasteiger partial charge is 0.339 e. The van der Waals surface area contributed by atoms with Gasteiger partial charge in [0.2, 0.25) is 0 Å². The molecule has 33 heavy (non-hydrogen) atoms. The van der Waals surface area contributed by atoms with E-state index < -0.39 is 17.6 Å². The maximum atomic E-state index is 13.8. The van der Waals surface area contributed by atoms with Crippen LogP contribution in [-0.4, -0.2) is 28.6 Å². The van der Waals surface area contributed by atoms with E-state index in [1.807, 2.05) is 30.3 Å². The Kier molecular flexibility index (Phi) is 6.04. The second-order valence-electron chi connectivity index (χ2n) is 7.52. The molecular formula is C26H23FN4O2. The van der Waals surface area contributed by atoms with Crippen molar-refractivity contribution in [3.8, 4) is 0 Å². The number of aromatic nitrogens is 1. The Bertz CT molecular complexity index is 1360. The van der Waals surface area contributed by atoms with Gasteiger partial charge in [-0.1, -0.05) is 42.5 Å². The first kappa shape index (κ1) is 22.0. The molecule has 0 fully saturated rings. The number of para-hydroxylation sites is 2. The third kappa shape index (κ3) is 4.13. The van der Waals surface area contributed by atoms with E-state index in [0.717, 1.165) is 5.52 Å². The standard InChI is InChI=1S/C26H23FN4O2/c1-3-31(19-13-9-10-17(27)16-19)26(33)23(28)22-20-14-7-8-15-21(20)30(2)24(22)25(32)29-18-11-5-4-6-12-18/h4-16,28H,3H2,1-2H3,(H,29,32). The van der Waals surface area contributed by atoms with Crippen LogP contribution in [0.4, 0.5) is 15.8 Å². The van der Waals surface area contributed by atoms with Gasteiger partial charge < -0.3 is 14.8 Å². The van der Waals surface area contributed by atoms with Crippen molar-refractivity contribution in [2.24, 2.45) is 7.05 Å². The van der Waals surface area contributed by atoms with Crippen LogP contribution in [0.2, 0.25) is 0 Å². The van der Waals surface area contributed by atoms with Gasteiger partial charge in [-0.2, -0.15) is 0 Å². The third-order valence-corrected chi connectivity index (χ3v) is 5.50. The van der Waals surface area contributed by atoms with Gasteiger partial charge in [0.1, 0.15) is 17.2 Å². The van der Waals surface area contributed by atoms with E-state index in [9.17, 15) is 14.0 Å². The van der Waals surface area contributed by atoms with Gasteiger partial charge in [-0.3, -0.25) is 15.0 Å².